The Kier molecular flexibility index (Phi) is 6.08. The van der Waals surface area contributed by atoms with Gasteiger partial charge in [0.1, 0.15) is 13.2 Å². The van der Waals surface area contributed by atoms with Gasteiger partial charge >= 0.3 is 0 Å². The predicted octanol–water partition coefficient (Wildman–Crippen LogP) is 2.74. The van der Waals surface area contributed by atoms with Crippen LogP contribution in [0.25, 0.3) is 0 Å². The third-order valence-corrected chi connectivity index (χ3v) is 3.37. The Bertz CT molecular complexity index is 439. The maximum atomic E-state index is 5.87. The lowest BCUT2D eigenvalue weighted by atomic mass is 10.2. The van der Waals surface area contributed by atoms with E-state index in [0.29, 0.717) is 13.2 Å². The molecule has 0 aromatic heterocycles. The van der Waals surface area contributed by atoms with E-state index in [-0.39, 0.29) is 12.2 Å². The van der Waals surface area contributed by atoms with Gasteiger partial charge in [-0.3, -0.25) is 4.90 Å². The lowest BCUT2D eigenvalue weighted by molar-refractivity contribution is -0.0699. The van der Waals surface area contributed by atoms with Crippen LogP contribution in [-0.2, 0) is 4.74 Å². The van der Waals surface area contributed by atoms with Gasteiger partial charge in [-0.2, -0.15) is 0 Å². The fourth-order valence-corrected chi connectivity index (χ4v) is 2.59. The Balaban J connectivity index is 1.81. The van der Waals surface area contributed by atoms with Crippen LogP contribution in [0.2, 0.25) is 0 Å². The number of para-hydroxylation sites is 2. The van der Waals surface area contributed by atoms with Crippen molar-refractivity contribution >= 4 is 0 Å². The fraction of sp³-hybridized carbons (Fsp3) is 0.529. The van der Waals surface area contributed by atoms with Crippen LogP contribution >= 0.6 is 0 Å². The first-order valence-electron chi connectivity index (χ1n) is 7.52. The van der Waals surface area contributed by atoms with Gasteiger partial charge in [-0.25, -0.2) is 0 Å². The molecular formula is C17H25NO3. The molecule has 2 atom stereocenters. The first-order chi connectivity index (χ1) is 10.2. The number of nitrogens with zero attached hydrogens (tertiary/aromatic N) is 1. The zero-order valence-electron chi connectivity index (χ0n) is 13.0. The quantitative estimate of drug-likeness (QED) is 0.723. The molecule has 0 saturated carbocycles. The van der Waals surface area contributed by atoms with Gasteiger partial charge in [-0.15, -0.1) is 0 Å². The number of ether oxygens (including phenoxy) is 3. The van der Waals surface area contributed by atoms with Crippen LogP contribution in [0.5, 0.6) is 11.5 Å². The molecule has 1 aromatic carbocycles. The maximum absolute atomic E-state index is 5.87. The first kappa shape index (κ1) is 15.9. The Hall–Kier alpha value is -1.52. The number of benzene rings is 1. The van der Waals surface area contributed by atoms with E-state index >= 15 is 0 Å². The van der Waals surface area contributed by atoms with Crippen molar-refractivity contribution in [1.82, 2.24) is 4.90 Å². The molecule has 0 radical (unpaired) electrons. The topological polar surface area (TPSA) is 30.9 Å². The van der Waals surface area contributed by atoms with Crippen molar-refractivity contribution in [3.8, 4) is 11.5 Å². The summed E-state index contributed by atoms with van der Waals surface area (Å²) in [4.78, 5) is 2.38. The van der Waals surface area contributed by atoms with Gasteiger partial charge in [0, 0.05) is 19.6 Å². The lowest BCUT2D eigenvalue weighted by Crippen LogP contribution is -2.46. The molecule has 1 fully saturated rings. The minimum absolute atomic E-state index is 0.289. The van der Waals surface area contributed by atoms with Gasteiger partial charge < -0.3 is 14.2 Å². The average molecular weight is 291 g/mol. The van der Waals surface area contributed by atoms with Crippen LogP contribution < -0.4 is 9.47 Å². The summed E-state index contributed by atoms with van der Waals surface area (Å²) in [5.41, 5.74) is 0. The normalized spacial score (nSPS) is 22.8. The summed E-state index contributed by atoms with van der Waals surface area (Å²) in [7, 11) is 0. The first-order valence-corrected chi connectivity index (χ1v) is 7.52. The van der Waals surface area contributed by atoms with E-state index in [1.807, 2.05) is 24.3 Å². The molecule has 1 aliphatic rings. The van der Waals surface area contributed by atoms with Crippen molar-refractivity contribution < 1.29 is 14.2 Å². The highest BCUT2D eigenvalue weighted by Crippen LogP contribution is 2.26. The van der Waals surface area contributed by atoms with Gasteiger partial charge in [0.05, 0.1) is 12.2 Å². The molecule has 116 valence electrons. The van der Waals surface area contributed by atoms with Crippen molar-refractivity contribution in [3.05, 3.63) is 36.9 Å². The van der Waals surface area contributed by atoms with Crippen LogP contribution in [0.1, 0.15) is 13.8 Å². The van der Waals surface area contributed by atoms with Crippen molar-refractivity contribution in [2.75, 3.05) is 32.8 Å². The SMILES string of the molecule is C=CCOc1ccccc1OCCN1C[C@@H](C)O[C@H](C)C1. The molecule has 0 spiro atoms. The van der Waals surface area contributed by atoms with Crippen molar-refractivity contribution in [1.29, 1.82) is 0 Å². The summed E-state index contributed by atoms with van der Waals surface area (Å²) < 4.78 is 17.2. The summed E-state index contributed by atoms with van der Waals surface area (Å²) in [5, 5.41) is 0. The van der Waals surface area contributed by atoms with Gasteiger partial charge in [0.15, 0.2) is 11.5 Å². The number of morpholine rings is 1. The average Bonchev–Trinajstić information content (AvgIpc) is 2.45. The van der Waals surface area contributed by atoms with Crippen LogP contribution in [0.15, 0.2) is 36.9 Å². The molecule has 21 heavy (non-hydrogen) atoms. The molecule has 0 N–H and O–H groups in total. The summed E-state index contributed by atoms with van der Waals surface area (Å²) in [6, 6.07) is 7.74. The van der Waals surface area contributed by atoms with Crippen LogP contribution in [0.3, 0.4) is 0 Å². The molecule has 0 unspecified atom stereocenters. The fourth-order valence-electron chi connectivity index (χ4n) is 2.59. The second kappa shape index (κ2) is 8.05. The van der Waals surface area contributed by atoms with Gasteiger partial charge in [0.25, 0.3) is 0 Å². The second-order valence-corrected chi connectivity index (χ2v) is 5.41. The van der Waals surface area contributed by atoms with E-state index in [4.69, 9.17) is 14.2 Å². The summed E-state index contributed by atoms with van der Waals surface area (Å²) in [6.45, 7) is 11.8. The zero-order valence-corrected chi connectivity index (χ0v) is 13.0. The molecule has 1 heterocycles. The smallest absolute Gasteiger partial charge is 0.161 e. The molecule has 0 bridgehead atoms. The minimum atomic E-state index is 0.289. The van der Waals surface area contributed by atoms with Gasteiger partial charge in [0.2, 0.25) is 0 Å². The maximum Gasteiger partial charge on any atom is 0.161 e. The predicted molar refractivity (Wildman–Crippen MR) is 84.1 cm³/mol. The van der Waals surface area contributed by atoms with E-state index in [2.05, 4.69) is 25.3 Å². The number of rotatable bonds is 7. The molecule has 0 amide bonds. The van der Waals surface area contributed by atoms with Gasteiger partial charge in [-0.1, -0.05) is 24.8 Å². The van der Waals surface area contributed by atoms with Crippen LogP contribution in [0, 0.1) is 0 Å². The lowest BCUT2D eigenvalue weighted by Gasteiger charge is -2.35. The second-order valence-electron chi connectivity index (χ2n) is 5.41. The molecule has 4 nitrogen and oxygen atoms in total. The zero-order chi connectivity index (χ0) is 15.1. The van der Waals surface area contributed by atoms with E-state index in [9.17, 15) is 0 Å². The van der Waals surface area contributed by atoms with E-state index < -0.39 is 0 Å². The number of hydrogen-bond donors (Lipinski definition) is 0. The minimum Gasteiger partial charge on any atom is -0.488 e. The summed E-state index contributed by atoms with van der Waals surface area (Å²) in [6.07, 6.45) is 2.31. The standard InChI is InChI=1S/C17H25NO3/c1-4-10-19-16-7-5-6-8-17(16)20-11-9-18-12-14(2)21-15(3)13-18/h4-8,14-15H,1,9-13H2,2-3H3/t14-,15-/m1/s1. The number of hydrogen-bond acceptors (Lipinski definition) is 4. The van der Waals surface area contributed by atoms with Crippen LogP contribution in [0.4, 0.5) is 0 Å². The highest BCUT2D eigenvalue weighted by atomic mass is 16.5. The third-order valence-electron chi connectivity index (χ3n) is 3.37. The largest absolute Gasteiger partial charge is 0.488 e. The third kappa shape index (κ3) is 5.06. The molecule has 0 aliphatic carbocycles. The van der Waals surface area contributed by atoms with Gasteiger partial charge in [-0.05, 0) is 26.0 Å². The van der Waals surface area contributed by atoms with Crippen LogP contribution in [-0.4, -0.2) is 50.0 Å². The molecule has 1 aliphatic heterocycles. The Morgan fingerprint density at radius 3 is 2.43 bits per heavy atom. The molecule has 4 heteroatoms. The summed E-state index contributed by atoms with van der Waals surface area (Å²) in [5.74, 6) is 1.55. The molecule has 1 saturated heterocycles. The summed E-state index contributed by atoms with van der Waals surface area (Å²) >= 11 is 0. The Morgan fingerprint density at radius 2 is 1.81 bits per heavy atom. The highest BCUT2D eigenvalue weighted by molar-refractivity contribution is 5.39. The van der Waals surface area contributed by atoms with Crippen molar-refractivity contribution in [3.63, 3.8) is 0 Å². The molecule has 1 aromatic rings. The Morgan fingerprint density at radius 1 is 1.19 bits per heavy atom. The molecular weight excluding hydrogens is 266 g/mol. The van der Waals surface area contributed by atoms with E-state index in [1.54, 1.807) is 6.08 Å². The molecule has 2 rings (SSSR count). The highest BCUT2D eigenvalue weighted by Gasteiger charge is 2.21. The monoisotopic (exact) mass is 291 g/mol. The van der Waals surface area contributed by atoms with Crippen molar-refractivity contribution in [2.45, 2.75) is 26.1 Å². The van der Waals surface area contributed by atoms with Crippen molar-refractivity contribution in [2.24, 2.45) is 0 Å². The van der Waals surface area contributed by atoms with E-state index in [1.165, 1.54) is 0 Å². The Labute approximate surface area is 127 Å². The van der Waals surface area contributed by atoms with E-state index in [0.717, 1.165) is 31.1 Å².